The monoisotopic (exact) mass is 309 g/mol. The van der Waals surface area contributed by atoms with Gasteiger partial charge in [-0.05, 0) is 37.0 Å². The van der Waals surface area contributed by atoms with Gasteiger partial charge in [-0.25, -0.2) is 4.79 Å². The summed E-state index contributed by atoms with van der Waals surface area (Å²) in [7, 11) is 2.01. The standard InChI is InChI=1S/C16H20ClNO3/c1-18(11-12-7-9-21-10-8-12)15-4-2-3-14(17)13(15)5-6-16(19)20/h2-6,12H,7-11H2,1H3,(H,19,20). The van der Waals surface area contributed by atoms with E-state index in [0.29, 0.717) is 10.9 Å². The molecule has 0 atom stereocenters. The lowest BCUT2D eigenvalue weighted by atomic mass is 9.99. The van der Waals surface area contributed by atoms with Crippen molar-refractivity contribution in [2.45, 2.75) is 12.8 Å². The van der Waals surface area contributed by atoms with Crippen LogP contribution in [0.5, 0.6) is 0 Å². The first-order valence-corrected chi connectivity index (χ1v) is 7.44. The number of hydrogen-bond donors (Lipinski definition) is 1. The molecule has 5 heteroatoms. The minimum Gasteiger partial charge on any atom is -0.478 e. The Balaban J connectivity index is 2.17. The van der Waals surface area contributed by atoms with Gasteiger partial charge in [0.15, 0.2) is 0 Å². The Morgan fingerprint density at radius 3 is 2.86 bits per heavy atom. The summed E-state index contributed by atoms with van der Waals surface area (Å²) in [6.45, 7) is 2.55. The average molecular weight is 310 g/mol. The van der Waals surface area contributed by atoms with E-state index in [1.54, 1.807) is 12.1 Å². The van der Waals surface area contributed by atoms with Crippen LogP contribution >= 0.6 is 11.6 Å². The van der Waals surface area contributed by atoms with Crippen molar-refractivity contribution in [2.75, 3.05) is 31.7 Å². The number of aliphatic carboxylic acids is 1. The average Bonchev–Trinajstić information content (AvgIpc) is 2.46. The van der Waals surface area contributed by atoms with Crippen molar-refractivity contribution in [1.82, 2.24) is 0 Å². The third-order valence-electron chi connectivity index (χ3n) is 3.71. The van der Waals surface area contributed by atoms with Crippen molar-refractivity contribution in [2.24, 2.45) is 5.92 Å². The topological polar surface area (TPSA) is 49.8 Å². The van der Waals surface area contributed by atoms with E-state index < -0.39 is 5.97 Å². The molecule has 1 fully saturated rings. The van der Waals surface area contributed by atoms with Gasteiger partial charge in [0, 0.05) is 49.2 Å². The molecule has 0 amide bonds. The zero-order chi connectivity index (χ0) is 15.2. The second-order valence-electron chi connectivity index (χ2n) is 5.28. The summed E-state index contributed by atoms with van der Waals surface area (Å²) in [5.41, 5.74) is 1.70. The molecule has 1 aromatic rings. The highest BCUT2D eigenvalue weighted by atomic mass is 35.5. The van der Waals surface area contributed by atoms with Crippen molar-refractivity contribution in [3.63, 3.8) is 0 Å². The van der Waals surface area contributed by atoms with Gasteiger partial charge in [-0.2, -0.15) is 0 Å². The number of rotatable bonds is 5. The van der Waals surface area contributed by atoms with Crippen LogP contribution in [-0.4, -0.2) is 37.9 Å². The van der Waals surface area contributed by atoms with Gasteiger partial charge in [0.2, 0.25) is 0 Å². The van der Waals surface area contributed by atoms with Gasteiger partial charge in [-0.1, -0.05) is 17.7 Å². The first-order chi connectivity index (χ1) is 10.1. The number of carboxylic acid groups (broad SMARTS) is 1. The molecule has 0 bridgehead atoms. The first kappa shape index (κ1) is 15.9. The predicted molar refractivity (Wildman–Crippen MR) is 84.9 cm³/mol. The Hall–Kier alpha value is -1.52. The van der Waals surface area contributed by atoms with Crippen LogP contribution in [0.25, 0.3) is 6.08 Å². The molecule has 1 saturated heterocycles. The van der Waals surface area contributed by atoms with Crippen LogP contribution < -0.4 is 4.90 Å². The first-order valence-electron chi connectivity index (χ1n) is 7.06. The number of nitrogens with zero attached hydrogens (tertiary/aromatic N) is 1. The molecule has 1 N–H and O–H groups in total. The van der Waals surface area contributed by atoms with Crippen molar-refractivity contribution < 1.29 is 14.6 Å². The van der Waals surface area contributed by atoms with Gasteiger partial charge in [-0.15, -0.1) is 0 Å². The maximum atomic E-state index is 10.7. The number of anilines is 1. The van der Waals surface area contributed by atoms with Crippen molar-refractivity contribution in [1.29, 1.82) is 0 Å². The van der Waals surface area contributed by atoms with Gasteiger partial charge in [0.1, 0.15) is 0 Å². The zero-order valence-corrected chi connectivity index (χ0v) is 12.8. The maximum Gasteiger partial charge on any atom is 0.328 e. The number of benzene rings is 1. The largest absolute Gasteiger partial charge is 0.478 e. The molecule has 1 aromatic carbocycles. The normalized spacial score (nSPS) is 16.3. The molecule has 0 saturated carbocycles. The second-order valence-corrected chi connectivity index (χ2v) is 5.69. The van der Waals surface area contributed by atoms with Gasteiger partial charge in [-0.3, -0.25) is 0 Å². The summed E-state index contributed by atoms with van der Waals surface area (Å²) in [5.74, 6) is -0.382. The highest BCUT2D eigenvalue weighted by Gasteiger charge is 2.17. The summed E-state index contributed by atoms with van der Waals surface area (Å²) >= 11 is 6.21. The molecule has 4 nitrogen and oxygen atoms in total. The van der Waals surface area contributed by atoms with Crippen LogP contribution in [0.4, 0.5) is 5.69 Å². The van der Waals surface area contributed by atoms with Crippen LogP contribution in [-0.2, 0) is 9.53 Å². The van der Waals surface area contributed by atoms with E-state index in [-0.39, 0.29) is 0 Å². The molecule has 1 heterocycles. The Kier molecular flexibility index (Phi) is 5.65. The molecule has 0 radical (unpaired) electrons. The lowest BCUT2D eigenvalue weighted by Crippen LogP contribution is -2.29. The van der Waals surface area contributed by atoms with E-state index in [1.807, 2.05) is 19.2 Å². The fourth-order valence-electron chi connectivity index (χ4n) is 2.59. The molecule has 21 heavy (non-hydrogen) atoms. The highest BCUT2D eigenvalue weighted by molar-refractivity contribution is 6.32. The Morgan fingerprint density at radius 1 is 1.48 bits per heavy atom. The Bertz CT molecular complexity index is 524. The van der Waals surface area contributed by atoms with Gasteiger partial charge >= 0.3 is 5.97 Å². The zero-order valence-electron chi connectivity index (χ0n) is 12.1. The highest BCUT2D eigenvalue weighted by Crippen LogP contribution is 2.29. The van der Waals surface area contributed by atoms with Gasteiger partial charge < -0.3 is 14.7 Å². The quantitative estimate of drug-likeness (QED) is 0.848. The molecule has 1 aliphatic rings. The predicted octanol–water partition coefficient (Wildman–Crippen LogP) is 3.30. The van der Waals surface area contributed by atoms with E-state index in [2.05, 4.69) is 4.90 Å². The number of carbonyl (C=O) groups is 1. The summed E-state index contributed by atoms with van der Waals surface area (Å²) < 4.78 is 5.38. The van der Waals surface area contributed by atoms with E-state index in [0.717, 1.165) is 49.9 Å². The SMILES string of the molecule is CN(CC1CCOCC1)c1cccc(Cl)c1C=CC(=O)O. The van der Waals surface area contributed by atoms with Crippen LogP contribution in [0.15, 0.2) is 24.3 Å². The van der Waals surface area contributed by atoms with E-state index in [9.17, 15) is 4.79 Å². The van der Waals surface area contributed by atoms with Gasteiger partial charge in [0.25, 0.3) is 0 Å². The summed E-state index contributed by atoms with van der Waals surface area (Å²) in [5, 5.41) is 9.36. The minimum absolute atomic E-state index is 0.559. The number of halogens is 1. The second kappa shape index (κ2) is 7.48. The van der Waals surface area contributed by atoms with Crippen LogP contribution in [0, 0.1) is 5.92 Å². The smallest absolute Gasteiger partial charge is 0.328 e. The van der Waals surface area contributed by atoms with Gasteiger partial charge in [0.05, 0.1) is 0 Å². The van der Waals surface area contributed by atoms with Crippen LogP contribution in [0.1, 0.15) is 18.4 Å². The summed E-state index contributed by atoms with van der Waals surface area (Å²) in [6.07, 6.45) is 4.80. The molecular formula is C16H20ClNO3. The molecule has 0 aromatic heterocycles. The van der Waals surface area contributed by atoms with E-state index in [1.165, 1.54) is 0 Å². The number of ether oxygens (including phenoxy) is 1. The van der Waals surface area contributed by atoms with Crippen molar-refractivity contribution in [3.05, 3.63) is 34.9 Å². The molecule has 2 rings (SSSR count). The minimum atomic E-state index is -0.979. The van der Waals surface area contributed by atoms with E-state index in [4.69, 9.17) is 21.4 Å². The number of hydrogen-bond acceptors (Lipinski definition) is 3. The third kappa shape index (κ3) is 4.48. The third-order valence-corrected chi connectivity index (χ3v) is 4.04. The Morgan fingerprint density at radius 2 is 2.19 bits per heavy atom. The molecule has 0 spiro atoms. The molecule has 114 valence electrons. The molecule has 0 aliphatic carbocycles. The number of carboxylic acids is 1. The molecule has 0 unspecified atom stereocenters. The lowest BCUT2D eigenvalue weighted by Gasteiger charge is -2.29. The summed E-state index contributed by atoms with van der Waals surface area (Å²) in [6, 6.07) is 5.62. The maximum absolute atomic E-state index is 10.7. The van der Waals surface area contributed by atoms with Crippen LogP contribution in [0.3, 0.4) is 0 Å². The Labute approximate surface area is 130 Å². The van der Waals surface area contributed by atoms with Crippen LogP contribution in [0.2, 0.25) is 5.02 Å². The van der Waals surface area contributed by atoms with Crippen molar-refractivity contribution >= 4 is 29.3 Å². The fourth-order valence-corrected chi connectivity index (χ4v) is 2.83. The fraction of sp³-hybridized carbons (Fsp3) is 0.438. The molecule has 1 aliphatic heterocycles. The summed E-state index contributed by atoms with van der Waals surface area (Å²) in [4.78, 5) is 12.9. The molecular weight excluding hydrogens is 290 g/mol. The lowest BCUT2D eigenvalue weighted by molar-refractivity contribution is -0.131. The van der Waals surface area contributed by atoms with E-state index >= 15 is 0 Å². The van der Waals surface area contributed by atoms with Crippen molar-refractivity contribution in [3.8, 4) is 0 Å².